The highest BCUT2D eigenvalue weighted by atomic mass is 16.5. The Labute approximate surface area is 162 Å². The van der Waals surface area contributed by atoms with Crippen LogP contribution in [0.5, 0.6) is 17.4 Å². The first-order chi connectivity index (χ1) is 13.8. The van der Waals surface area contributed by atoms with Crippen LogP contribution >= 0.6 is 0 Å². The van der Waals surface area contributed by atoms with Crippen LogP contribution in [-0.4, -0.2) is 17.5 Å². The minimum atomic E-state index is -0.217. The summed E-state index contributed by atoms with van der Waals surface area (Å²) < 4.78 is 11.2. The van der Waals surface area contributed by atoms with Gasteiger partial charge in [0.25, 0.3) is 5.91 Å². The maximum Gasteiger partial charge on any atom is 0.262 e. The molecule has 1 heterocycles. The summed E-state index contributed by atoms with van der Waals surface area (Å²) in [6.07, 6.45) is 1.67. The van der Waals surface area contributed by atoms with Crippen molar-refractivity contribution in [1.29, 1.82) is 0 Å². The van der Waals surface area contributed by atoms with Crippen LogP contribution in [0, 0.1) is 0 Å². The lowest BCUT2D eigenvalue weighted by molar-refractivity contribution is -0.118. The van der Waals surface area contributed by atoms with Crippen LogP contribution in [0.3, 0.4) is 0 Å². The number of rotatable bonds is 6. The molecule has 4 aromatic rings. The van der Waals surface area contributed by atoms with E-state index in [0.29, 0.717) is 17.4 Å². The lowest BCUT2D eigenvalue weighted by atomic mass is 10.1. The van der Waals surface area contributed by atoms with Gasteiger partial charge in [-0.3, -0.25) is 4.79 Å². The van der Waals surface area contributed by atoms with E-state index in [9.17, 15) is 4.79 Å². The second-order valence-electron chi connectivity index (χ2n) is 6.11. The van der Waals surface area contributed by atoms with Crippen LogP contribution in [0.1, 0.15) is 0 Å². The Morgan fingerprint density at radius 3 is 2.39 bits per heavy atom. The second-order valence-corrected chi connectivity index (χ2v) is 6.11. The standard InChI is InChI=1S/C23H18N2O3/c26-22(25-21-9-5-7-17-6-1-2-8-20(17)21)16-27-18-11-13-19(14-12-18)28-23-10-3-4-15-24-23/h1-15H,16H2,(H,25,26). The second kappa shape index (κ2) is 8.22. The molecule has 0 aliphatic rings. The molecule has 1 amide bonds. The van der Waals surface area contributed by atoms with E-state index in [4.69, 9.17) is 9.47 Å². The number of anilines is 1. The summed E-state index contributed by atoms with van der Waals surface area (Å²) in [6, 6.07) is 26.2. The van der Waals surface area contributed by atoms with Crippen molar-refractivity contribution in [2.24, 2.45) is 0 Å². The average Bonchev–Trinajstić information content (AvgIpc) is 2.74. The molecule has 0 fully saturated rings. The highest BCUT2D eigenvalue weighted by Crippen LogP contribution is 2.24. The number of nitrogens with one attached hydrogen (secondary N) is 1. The summed E-state index contributed by atoms with van der Waals surface area (Å²) in [7, 11) is 0. The molecule has 0 saturated heterocycles. The number of ether oxygens (including phenoxy) is 2. The van der Waals surface area contributed by atoms with E-state index in [2.05, 4.69) is 10.3 Å². The molecule has 0 saturated carbocycles. The van der Waals surface area contributed by atoms with Crippen molar-refractivity contribution >= 4 is 22.4 Å². The van der Waals surface area contributed by atoms with Crippen LogP contribution < -0.4 is 14.8 Å². The number of hydrogen-bond acceptors (Lipinski definition) is 4. The molecular weight excluding hydrogens is 352 g/mol. The quantitative estimate of drug-likeness (QED) is 0.516. The third-order valence-corrected chi connectivity index (χ3v) is 4.12. The zero-order valence-electron chi connectivity index (χ0n) is 15.0. The molecule has 1 aromatic heterocycles. The molecule has 4 rings (SSSR count). The van der Waals surface area contributed by atoms with Crippen LogP contribution in [0.15, 0.2) is 91.1 Å². The maximum absolute atomic E-state index is 12.3. The van der Waals surface area contributed by atoms with Crippen molar-refractivity contribution in [2.75, 3.05) is 11.9 Å². The highest BCUT2D eigenvalue weighted by molar-refractivity contribution is 6.02. The zero-order chi connectivity index (χ0) is 19.2. The van der Waals surface area contributed by atoms with E-state index >= 15 is 0 Å². The fourth-order valence-electron chi connectivity index (χ4n) is 2.80. The fraction of sp³-hybridized carbons (Fsp3) is 0.0435. The van der Waals surface area contributed by atoms with Gasteiger partial charge in [0.15, 0.2) is 6.61 Å². The molecule has 138 valence electrons. The SMILES string of the molecule is O=C(COc1ccc(Oc2ccccn2)cc1)Nc1cccc2ccccc12. The highest BCUT2D eigenvalue weighted by Gasteiger charge is 2.07. The summed E-state index contributed by atoms with van der Waals surface area (Å²) in [6.45, 7) is -0.0797. The molecule has 0 radical (unpaired) electrons. The first-order valence-corrected chi connectivity index (χ1v) is 8.87. The van der Waals surface area contributed by atoms with Crippen molar-refractivity contribution < 1.29 is 14.3 Å². The van der Waals surface area contributed by atoms with E-state index in [-0.39, 0.29) is 12.5 Å². The van der Waals surface area contributed by atoms with Gasteiger partial charge >= 0.3 is 0 Å². The fourth-order valence-corrected chi connectivity index (χ4v) is 2.80. The molecular formula is C23H18N2O3. The van der Waals surface area contributed by atoms with Gasteiger partial charge in [-0.2, -0.15) is 0 Å². The largest absolute Gasteiger partial charge is 0.484 e. The Hall–Kier alpha value is -3.86. The molecule has 1 N–H and O–H groups in total. The van der Waals surface area contributed by atoms with Gasteiger partial charge in [-0.15, -0.1) is 0 Å². The van der Waals surface area contributed by atoms with Crippen LogP contribution in [0.4, 0.5) is 5.69 Å². The minimum absolute atomic E-state index is 0.0797. The lowest BCUT2D eigenvalue weighted by Crippen LogP contribution is -2.20. The Morgan fingerprint density at radius 1 is 0.821 bits per heavy atom. The van der Waals surface area contributed by atoms with E-state index in [1.165, 1.54) is 0 Å². The van der Waals surface area contributed by atoms with E-state index < -0.39 is 0 Å². The molecule has 3 aromatic carbocycles. The van der Waals surface area contributed by atoms with Gasteiger partial charge in [0.05, 0.1) is 0 Å². The normalized spacial score (nSPS) is 10.4. The van der Waals surface area contributed by atoms with Crippen molar-refractivity contribution in [3.05, 3.63) is 91.1 Å². The molecule has 5 heteroatoms. The van der Waals surface area contributed by atoms with E-state index in [0.717, 1.165) is 16.5 Å². The number of aromatic nitrogens is 1. The smallest absolute Gasteiger partial charge is 0.262 e. The number of carbonyl (C=O) groups is 1. The topological polar surface area (TPSA) is 60.5 Å². The van der Waals surface area contributed by atoms with Crippen molar-refractivity contribution in [2.45, 2.75) is 0 Å². The molecule has 0 aliphatic heterocycles. The molecule has 0 unspecified atom stereocenters. The van der Waals surface area contributed by atoms with Gasteiger partial charge in [-0.25, -0.2) is 4.98 Å². The lowest BCUT2D eigenvalue weighted by Gasteiger charge is -2.10. The predicted molar refractivity (Wildman–Crippen MR) is 109 cm³/mol. The summed E-state index contributed by atoms with van der Waals surface area (Å²) in [5.41, 5.74) is 0.769. The predicted octanol–water partition coefficient (Wildman–Crippen LogP) is 5.04. The Balaban J connectivity index is 1.34. The number of fused-ring (bicyclic) bond motifs is 1. The summed E-state index contributed by atoms with van der Waals surface area (Å²) >= 11 is 0. The Bertz CT molecular complexity index is 1070. The molecule has 0 bridgehead atoms. The summed E-state index contributed by atoms with van der Waals surface area (Å²) in [4.78, 5) is 16.4. The number of carbonyl (C=O) groups excluding carboxylic acids is 1. The van der Waals surface area contributed by atoms with Crippen LogP contribution in [0.2, 0.25) is 0 Å². The average molecular weight is 370 g/mol. The Kier molecular flexibility index (Phi) is 5.15. The van der Waals surface area contributed by atoms with Gasteiger partial charge in [0.2, 0.25) is 5.88 Å². The monoisotopic (exact) mass is 370 g/mol. The van der Waals surface area contributed by atoms with Crippen molar-refractivity contribution in [3.8, 4) is 17.4 Å². The van der Waals surface area contributed by atoms with Crippen molar-refractivity contribution in [1.82, 2.24) is 4.98 Å². The number of pyridine rings is 1. The Morgan fingerprint density at radius 2 is 1.57 bits per heavy atom. The van der Waals surface area contributed by atoms with Crippen LogP contribution in [-0.2, 0) is 4.79 Å². The van der Waals surface area contributed by atoms with Gasteiger partial charge in [0, 0.05) is 23.3 Å². The third-order valence-electron chi connectivity index (χ3n) is 4.12. The van der Waals surface area contributed by atoms with Gasteiger partial charge in [-0.05, 0) is 41.8 Å². The number of benzene rings is 3. The molecule has 0 spiro atoms. The number of amides is 1. The number of hydrogen-bond donors (Lipinski definition) is 1. The zero-order valence-corrected chi connectivity index (χ0v) is 15.0. The van der Waals surface area contributed by atoms with Crippen molar-refractivity contribution in [3.63, 3.8) is 0 Å². The maximum atomic E-state index is 12.3. The molecule has 0 aliphatic carbocycles. The van der Waals surface area contributed by atoms with E-state index in [1.807, 2.05) is 54.6 Å². The number of nitrogens with zero attached hydrogens (tertiary/aromatic N) is 1. The van der Waals surface area contributed by atoms with Gasteiger partial charge in [0.1, 0.15) is 11.5 Å². The molecule has 28 heavy (non-hydrogen) atoms. The summed E-state index contributed by atoms with van der Waals surface area (Å²) in [5, 5.41) is 4.97. The first-order valence-electron chi connectivity index (χ1n) is 8.87. The van der Waals surface area contributed by atoms with E-state index in [1.54, 1.807) is 36.5 Å². The van der Waals surface area contributed by atoms with Gasteiger partial charge in [-0.1, -0.05) is 42.5 Å². The first kappa shape index (κ1) is 17.5. The molecule has 5 nitrogen and oxygen atoms in total. The molecule has 0 atom stereocenters. The summed E-state index contributed by atoms with van der Waals surface area (Å²) in [5.74, 6) is 1.53. The minimum Gasteiger partial charge on any atom is -0.484 e. The third kappa shape index (κ3) is 4.27. The van der Waals surface area contributed by atoms with Crippen LogP contribution in [0.25, 0.3) is 10.8 Å². The van der Waals surface area contributed by atoms with Gasteiger partial charge < -0.3 is 14.8 Å².